The number of aliphatic hydroxyl groups excluding tert-OH is 1. The monoisotopic (exact) mass is 242 g/mol. The predicted octanol–water partition coefficient (Wildman–Crippen LogP) is 3.21. The van der Waals surface area contributed by atoms with Gasteiger partial charge >= 0.3 is 5.97 Å². The molecule has 1 saturated carbocycles. The predicted molar refractivity (Wildman–Crippen MR) is 67.8 cm³/mol. The summed E-state index contributed by atoms with van der Waals surface area (Å²) in [4.78, 5) is 11.0. The Morgan fingerprint density at radius 1 is 1.24 bits per heavy atom. The molecule has 0 bridgehead atoms. The standard InChI is InChI=1S/C14H26O3/c1-2-4-12(14(16)17)6-3-5-11-7-9-13(15)10-8-11/h11-13,15H,2-10H2,1H3,(H,16,17). The molecule has 17 heavy (non-hydrogen) atoms. The Bertz CT molecular complexity index is 220. The van der Waals surface area contributed by atoms with E-state index in [2.05, 4.69) is 0 Å². The molecule has 1 atom stereocenters. The largest absolute Gasteiger partial charge is 0.481 e. The van der Waals surface area contributed by atoms with Gasteiger partial charge in [0.25, 0.3) is 0 Å². The highest BCUT2D eigenvalue weighted by atomic mass is 16.4. The minimum Gasteiger partial charge on any atom is -0.481 e. The van der Waals surface area contributed by atoms with Gasteiger partial charge in [-0.2, -0.15) is 0 Å². The maximum Gasteiger partial charge on any atom is 0.306 e. The van der Waals surface area contributed by atoms with Crippen LogP contribution in [0.1, 0.15) is 64.7 Å². The molecule has 3 heteroatoms. The lowest BCUT2D eigenvalue weighted by Crippen LogP contribution is -2.19. The Balaban J connectivity index is 2.15. The molecular formula is C14H26O3. The fourth-order valence-electron chi connectivity index (χ4n) is 2.83. The topological polar surface area (TPSA) is 57.5 Å². The van der Waals surface area contributed by atoms with E-state index in [9.17, 15) is 9.90 Å². The third-order valence-corrected chi connectivity index (χ3v) is 3.97. The number of hydrogen-bond donors (Lipinski definition) is 2. The van der Waals surface area contributed by atoms with Crippen LogP contribution >= 0.6 is 0 Å². The summed E-state index contributed by atoms with van der Waals surface area (Å²) in [6.45, 7) is 2.04. The highest BCUT2D eigenvalue weighted by Crippen LogP contribution is 2.29. The molecule has 0 saturated heterocycles. The van der Waals surface area contributed by atoms with Crippen LogP contribution in [0.5, 0.6) is 0 Å². The van der Waals surface area contributed by atoms with E-state index in [1.54, 1.807) is 0 Å². The van der Waals surface area contributed by atoms with Crippen molar-refractivity contribution < 1.29 is 15.0 Å². The average molecular weight is 242 g/mol. The third-order valence-electron chi connectivity index (χ3n) is 3.97. The SMILES string of the molecule is CCCC(CCCC1CCC(O)CC1)C(=O)O. The highest BCUT2D eigenvalue weighted by molar-refractivity contribution is 5.69. The molecule has 0 spiro atoms. The first kappa shape index (κ1) is 14.5. The van der Waals surface area contributed by atoms with Crippen molar-refractivity contribution in [3.63, 3.8) is 0 Å². The van der Waals surface area contributed by atoms with E-state index in [1.165, 1.54) is 0 Å². The molecule has 1 unspecified atom stereocenters. The Morgan fingerprint density at radius 3 is 2.41 bits per heavy atom. The second kappa shape index (κ2) is 7.70. The molecule has 1 fully saturated rings. The molecule has 2 N–H and O–H groups in total. The summed E-state index contributed by atoms with van der Waals surface area (Å²) < 4.78 is 0. The average Bonchev–Trinajstić information content (AvgIpc) is 2.30. The molecule has 1 aliphatic rings. The second-order valence-corrected chi connectivity index (χ2v) is 5.43. The number of rotatable bonds is 7. The van der Waals surface area contributed by atoms with Gasteiger partial charge in [-0.3, -0.25) is 4.79 Å². The van der Waals surface area contributed by atoms with Crippen molar-refractivity contribution in [3.8, 4) is 0 Å². The second-order valence-electron chi connectivity index (χ2n) is 5.43. The maximum absolute atomic E-state index is 11.0. The van der Waals surface area contributed by atoms with Crippen LogP contribution in [0.25, 0.3) is 0 Å². The summed E-state index contributed by atoms with van der Waals surface area (Å²) in [6, 6.07) is 0. The van der Waals surface area contributed by atoms with Crippen molar-refractivity contribution >= 4 is 5.97 Å². The van der Waals surface area contributed by atoms with Gasteiger partial charge in [0, 0.05) is 0 Å². The van der Waals surface area contributed by atoms with E-state index < -0.39 is 5.97 Å². The molecule has 3 nitrogen and oxygen atoms in total. The zero-order valence-corrected chi connectivity index (χ0v) is 10.9. The quantitative estimate of drug-likeness (QED) is 0.720. The summed E-state index contributed by atoms with van der Waals surface area (Å²) >= 11 is 0. The molecule has 0 aromatic carbocycles. The van der Waals surface area contributed by atoms with Gasteiger partial charge < -0.3 is 10.2 Å². The Labute approximate surface area is 104 Å². The minimum absolute atomic E-state index is 0.0851. The Hall–Kier alpha value is -0.570. The lowest BCUT2D eigenvalue weighted by molar-refractivity contribution is -0.142. The van der Waals surface area contributed by atoms with Gasteiger partial charge in [0.2, 0.25) is 0 Å². The highest BCUT2D eigenvalue weighted by Gasteiger charge is 2.20. The van der Waals surface area contributed by atoms with Gasteiger partial charge in [-0.25, -0.2) is 0 Å². The molecule has 0 aliphatic heterocycles. The van der Waals surface area contributed by atoms with Crippen molar-refractivity contribution in [1.82, 2.24) is 0 Å². The van der Waals surface area contributed by atoms with Crippen LogP contribution in [0.2, 0.25) is 0 Å². The zero-order chi connectivity index (χ0) is 12.7. The van der Waals surface area contributed by atoms with Crippen molar-refractivity contribution in [2.75, 3.05) is 0 Å². The van der Waals surface area contributed by atoms with Crippen molar-refractivity contribution in [1.29, 1.82) is 0 Å². The van der Waals surface area contributed by atoms with E-state index in [-0.39, 0.29) is 12.0 Å². The van der Waals surface area contributed by atoms with Crippen LogP contribution in [-0.4, -0.2) is 22.3 Å². The van der Waals surface area contributed by atoms with Gasteiger partial charge in [0.05, 0.1) is 12.0 Å². The van der Waals surface area contributed by atoms with Crippen LogP contribution < -0.4 is 0 Å². The molecule has 1 aliphatic carbocycles. The van der Waals surface area contributed by atoms with Crippen LogP contribution in [-0.2, 0) is 4.79 Å². The summed E-state index contributed by atoms with van der Waals surface area (Å²) in [5.41, 5.74) is 0. The summed E-state index contributed by atoms with van der Waals surface area (Å²) in [7, 11) is 0. The minimum atomic E-state index is -0.633. The first-order chi connectivity index (χ1) is 8.13. The smallest absolute Gasteiger partial charge is 0.306 e. The lowest BCUT2D eigenvalue weighted by atomic mass is 9.83. The van der Waals surface area contributed by atoms with Crippen molar-refractivity contribution in [3.05, 3.63) is 0 Å². The van der Waals surface area contributed by atoms with Gasteiger partial charge in [-0.1, -0.05) is 26.2 Å². The fourth-order valence-corrected chi connectivity index (χ4v) is 2.83. The molecule has 0 heterocycles. The zero-order valence-electron chi connectivity index (χ0n) is 10.9. The van der Waals surface area contributed by atoms with Crippen LogP contribution in [0, 0.1) is 11.8 Å². The summed E-state index contributed by atoms with van der Waals surface area (Å²) in [5.74, 6) is -0.0606. The lowest BCUT2D eigenvalue weighted by Gasteiger charge is -2.25. The first-order valence-electron chi connectivity index (χ1n) is 7.04. The molecule has 1 rings (SSSR count). The Morgan fingerprint density at radius 2 is 1.88 bits per heavy atom. The Kier molecular flexibility index (Phi) is 6.56. The van der Waals surface area contributed by atoms with Crippen LogP contribution in [0.4, 0.5) is 0 Å². The van der Waals surface area contributed by atoms with Crippen LogP contribution in [0.15, 0.2) is 0 Å². The van der Waals surface area contributed by atoms with E-state index >= 15 is 0 Å². The van der Waals surface area contributed by atoms with Crippen molar-refractivity contribution in [2.24, 2.45) is 11.8 Å². The van der Waals surface area contributed by atoms with E-state index in [1.807, 2.05) is 6.92 Å². The van der Waals surface area contributed by atoms with E-state index in [4.69, 9.17) is 5.11 Å². The molecule has 0 amide bonds. The van der Waals surface area contributed by atoms with Crippen molar-refractivity contribution in [2.45, 2.75) is 70.8 Å². The number of carboxylic acid groups (broad SMARTS) is 1. The third kappa shape index (κ3) is 5.53. The number of hydrogen-bond acceptors (Lipinski definition) is 2. The van der Waals surface area contributed by atoms with E-state index in [0.29, 0.717) is 0 Å². The van der Waals surface area contributed by atoms with Gasteiger partial charge in [-0.05, 0) is 44.4 Å². The fraction of sp³-hybridized carbons (Fsp3) is 0.929. The number of aliphatic carboxylic acids is 1. The number of aliphatic hydroxyl groups is 1. The molecule has 0 radical (unpaired) electrons. The molecular weight excluding hydrogens is 216 g/mol. The summed E-state index contributed by atoms with van der Waals surface area (Å²) in [6.07, 6.45) is 8.76. The normalized spacial score (nSPS) is 26.7. The van der Waals surface area contributed by atoms with Gasteiger partial charge in [0.1, 0.15) is 0 Å². The molecule has 100 valence electrons. The van der Waals surface area contributed by atoms with Gasteiger partial charge in [-0.15, -0.1) is 0 Å². The van der Waals surface area contributed by atoms with E-state index in [0.717, 1.165) is 63.7 Å². The van der Waals surface area contributed by atoms with Gasteiger partial charge in [0.15, 0.2) is 0 Å². The maximum atomic E-state index is 11.0. The first-order valence-corrected chi connectivity index (χ1v) is 7.04. The van der Waals surface area contributed by atoms with Crippen LogP contribution in [0.3, 0.4) is 0 Å². The molecule has 0 aromatic heterocycles. The number of carbonyl (C=O) groups is 1. The summed E-state index contributed by atoms with van der Waals surface area (Å²) in [5, 5.41) is 18.4. The number of carboxylic acids is 1. The molecule has 0 aromatic rings.